The average Bonchev–Trinajstić information content (AvgIpc) is 2.64. The normalized spacial score (nSPS) is 25.6. The van der Waals surface area contributed by atoms with Gasteiger partial charge in [-0.2, -0.15) is 0 Å². The maximum Gasteiger partial charge on any atom is 0.153 e. The van der Waals surface area contributed by atoms with Crippen molar-refractivity contribution in [2.24, 2.45) is 10.9 Å². The largest absolute Gasteiger partial charge is 0.283 e. The summed E-state index contributed by atoms with van der Waals surface area (Å²) in [6, 6.07) is 0.680. The molecule has 0 aliphatic heterocycles. The molecule has 3 nitrogen and oxygen atoms in total. The van der Waals surface area contributed by atoms with Crippen molar-refractivity contribution in [1.29, 1.82) is 0 Å². The number of nitrogens with zero attached hydrogens (tertiary/aromatic N) is 1. The average molecular weight is 334 g/mol. The van der Waals surface area contributed by atoms with Crippen LogP contribution >= 0.6 is 0 Å². The molecule has 3 fully saturated rings. The Bertz CT molecular complexity index is 359. The second-order valence-electron chi connectivity index (χ2n) is 8.41. The van der Waals surface area contributed by atoms with E-state index in [1.807, 2.05) is 0 Å². The van der Waals surface area contributed by atoms with Crippen molar-refractivity contribution in [1.82, 2.24) is 10.6 Å². The highest BCUT2D eigenvalue weighted by Crippen LogP contribution is 2.26. The summed E-state index contributed by atoms with van der Waals surface area (Å²) in [5.41, 5.74) is 1.46. The first-order valence-electron chi connectivity index (χ1n) is 10.9. The van der Waals surface area contributed by atoms with Crippen LogP contribution in [0, 0.1) is 5.92 Å². The van der Waals surface area contributed by atoms with E-state index in [1.165, 1.54) is 108 Å². The molecule has 0 bridgehead atoms. The minimum atomic E-state index is 0.171. The van der Waals surface area contributed by atoms with Crippen LogP contribution < -0.4 is 10.6 Å². The van der Waals surface area contributed by atoms with Crippen molar-refractivity contribution in [2.45, 2.75) is 115 Å². The van der Waals surface area contributed by atoms with Crippen LogP contribution in [-0.4, -0.2) is 24.6 Å². The summed E-state index contributed by atoms with van der Waals surface area (Å²) in [6.07, 6.45) is 22.2. The van der Waals surface area contributed by atoms with Crippen molar-refractivity contribution in [3.63, 3.8) is 0 Å². The predicted molar refractivity (Wildman–Crippen MR) is 104 cm³/mol. The van der Waals surface area contributed by atoms with Crippen LogP contribution in [0.4, 0.5) is 0 Å². The fourth-order valence-corrected chi connectivity index (χ4v) is 4.81. The van der Waals surface area contributed by atoms with Gasteiger partial charge in [-0.15, -0.1) is 0 Å². The van der Waals surface area contributed by atoms with Gasteiger partial charge in [-0.25, -0.2) is 0 Å². The van der Waals surface area contributed by atoms with Crippen molar-refractivity contribution in [3.8, 4) is 0 Å². The van der Waals surface area contributed by atoms with E-state index >= 15 is 0 Å². The van der Waals surface area contributed by atoms with Gasteiger partial charge in [-0.1, -0.05) is 57.8 Å². The SMILES string of the molecule is C1CCC(=NC(NCCC2CCCCC2)NC2CCCCC2)CC1. The number of aliphatic imine (C=N–C) groups is 1. The molecular formula is C21H39N3. The molecule has 3 aliphatic rings. The van der Waals surface area contributed by atoms with Crippen LogP contribution in [0.2, 0.25) is 0 Å². The molecule has 0 spiro atoms. The summed E-state index contributed by atoms with van der Waals surface area (Å²) in [4.78, 5) is 5.11. The van der Waals surface area contributed by atoms with Crippen LogP contribution in [0.5, 0.6) is 0 Å². The van der Waals surface area contributed by atoms with Gasteiger partial charge in [-0.3, -0.25) is 15.6 Å². The van der Waals surface area contributed by atoms with E-state index in [-0.39, 0.29) is 6.29 Å². The van der Waals surface area contributed by atoms with Crippen LogP contribution in [0.3, 0.4) is 0 Å². The van der Waals surface area contributed by atoms with Crippen LogP contribution in [0.1, 0.15) is 103 Å². The molecule has 0 aromatic rings. The Hall–Kier alpha value is -0.410. The fraction of sp³-hybridized carbons (Fsp3) is 0.952. The molecule has 138 valence electrons. The predicted octanol–water partition coefficient (Wildman–Crippen LogP) is 5.16. The molecule has 1 atom stereocenters. The smallest absolute Gasteiger partial charge is 0.153 e. The van der Waals surface area contributed by atoms with Gasteiger partial charge in [0, 0.05) is 11.8 Å². The Balaban J connectivity index is 1.47. The standard InChI is InChI=1S/C21H39N3/c1-4-10-18(11-5-1)16-17-22-21(23-19-12-6-2-7-13-19)24-20-14-8-3-9-15-20/h18-19,21-23H,1-17H2. The number of rotatable bonds is 7. The molecule has 3 heteroatoms. The first-order chi connectivity index (χ1) is 11.9. The lowest BCUT2D eigenvalue weighted by Crippen LogP contribution is -2.48. The highest BCUT2D eigenvalue weighted by atomic mass is 15.3. The van der Waals surface area contributed by atoms with Crippen LogP contribution in [0.25, 0.3) is 0 Å². The topological polar surface area (TPSA) is 36.4 Å². The van der Waals surface area contributed by atoms with E-state index in [9.17, 15) is 0 Å². The molecule has 0 aromatic heterocycles. The first-order valence-corrected chi connectivity index (χ1v) is 10.9. The van der Waals surface area contributed by atoms with Gasteiger partial charge in [0.1, 0.15) is 0 Å². The van der Waals surface area contributed by atoms with E-state index in [2.05, 4.69) is 10.6 Å². The summed E-state index contributed by atoms with van der Waals surface area (Å²) in [5.74, 6) is 0.962. The van der Waals surface area contributed by atoms with Gasteiger partial charge in [-0.05, 0) is 57.4 Å². The monoisotopic (exact) mass is 333 g/mol. The lowest BCUT2D eigenvalue weighted by Gasteiger charge is -2.29. The van der Waals surface area contributed by atoms with Gasteiger partial charge in [0.15, 0.2) is 6.29 Å². The fourth-order valence-electron chi connectivity index (χ4n) is 4.81. The second kappa shape index (κ2) is 10.6. The molecule has 24 heavy (non-hydrogen) atoms. The van der Waals surface area contributed by atoms with Gasteiger partial charge < -0.3 is 0 Å². The lowest BCUT2D eigenvalue weighted by atomic mass is 9.87. The molecule has 0 saturated heterocycles. The number of hydrogen-bond acceptors (Lipinski definition) is 3. The zero-order chi connectivity index (χ0) is 16.5. The lowest BCUT2D eigenvalue weighted by molar-refractivity contribution is 0.291. The molecule has 3 saturated carbocycles. The van der Waals surface area contributed by atoms with E-state index < -0.39 is 0 Å². The summed E-state index contributed by atoms with van der Waals surface area (Å²) < 4.78 is 0. The molecule has 1 unspecified atom stereocenters. The summed E-state index contributed by atoms with van der Waals surface area (Å²) in [7, 11) is 0. The van der Waals surface area contributed by atoms with Crippen molar-refractivity contribution in [2.75, 3.05) is 6.54 Å². The summed E-state index contributed by atoms with van der Waals surface area (Å²) in [6.45, 7) is 1.13. The van der Waals surface area contributed by atoms with E-state index in [1.54, 1.807) is 0 Å². The molecular weight excluding hydrogens is 294 g/mol. The second-order valence-corrected chi connectivity index (χ2v) is 8.41. The van der Waals surface area contributed by atoms with Gasteiger partial charge >= 0.3 is 0 Å². The van der Waals surface area contributed by atoms with E-state index in [0.29, 0.717) is 6.04 Å². The molecule has 0 aromatic carbocycles. The third kappa shape index (κ3) is 6.48. The Morgan fingerprint density at radius 2 is 1.42 bits per heavy atom. The minimum Gasteiger partial charge on any atom is -0.283 e. The van der Waals surface area contributed by atoms with Gasteiger partial charge in [0.05, 0.1) is 0 Å². The minimum absolute atomic E-state index is 0.171. The van der Waals surface area contributed by atoms with Crippen molar-refractivity contribution in [3.05, 3.63) is 0 Å². The Morgan fingerprint density at radius 1 is 0.792 bits per heavy atom. The molecule has 2 N–H and O–H groups in total. The quantitative estimate of drug-likeness (QED) is 0.632. The molecule has 0 radical (unpaired) electrons. The van der Waals surface area contributed by atoms with E-state index in [4.69, 9.17) is 4.99 Å². The molecule has 0 amide bonds. The van der Waals surface area contributed by atoms with Crippen LogP contribution in [-0.2, 0) is 0 Å². The third-order valence-corrected chi connectivity index (χ3v) is 6.36. The maximum atomic E-state index is 5.11. The Morgan fingerprint density at radius 3 is 2.12 bits per heavy atom. The highest BCUT2D eigenvalue weighted by molar-refractivity contribution is 5.85. The Kier molecular flexibility index (Phi) is 8.08. The summed E-state index contributed by atoms with van der Waals surface area (Å²) >= 11 is 0. The van der Waals surface area contributed by atoms with E-state index in [0.717, 1.165) is 12.5 Å². The number of hydrogen-bond donors (Lipinski definition) is 2. The van der Waals surface area contributed by atoms with Crippen molar-refractivity contribution < 1.29 is 0 Å². The zero-order valence-electron chi connectivity index (χ0n) is 15.7. The van der Waals surface area contributed by atoms with Crippen LogP contribution in [0.15, 0.2) is 4.99 Å². The Labute approximate surface area is 149 Å². The molecule has 0 heterocycles. The third-order valence-electron chi connectivity index (χ3n) is 6.36. The molecule has 3 aliphatic carbocycles. The molecule has 3 rings (SSSR count). The zero-order valence-corrected chi connectivity index (χ0v) is 15.7. The number of nitrogens with one attached hydrogen (secondary N) is 2. The van der Waals surface area contributed by atoms with Crippen molar-refractivity contribution >= 4 is 5.71 Å². The van der Waals surface area contributed by atoms with Gasteiger partial charge in [0.25, 0.3) is 0 Å². The maximum absolute atomic E-state index is 5.11. The summed E-state index contributed by atoms with van der Waals surface area (Å²) in [5, 5.41) is 7.61. The first kappa shape index (κ1) is 18.4. The van der Waals surface area contributed by atoms with Gasteiger partial charge in [0.2, 0.25) is 0 Å². The highest BCUT2D eigenvalue weighted by Gasteiger charge is 2.19.